The molecule has 3 fully saturated rings. The predicted octanol–water partition coefficient (Wildman–Crippen LogP) is 4.00. The smallest absolute Gasteiger partial charge is 0.186 e. The quantitative estimate of drug-likeness (QED) is 0.474. The van der Waals surface area contributed by atoms with Crippen molar-refractivity contribution in [1.29, 1.82) is 0 Å². The van der Waals surface area contributed by atoms with E-state index in [1.807, 2.05) is 6.92 Å². The van der Waals surface area contributed by atoms with Gasteiger partial charge in [0, 0.05) is 37.2 Å². The minimum Gasteiger partial charge on any atom is -0.388 e. The third-order valence-corrected chi connectivity index (χ3v) is 11.1. The van der Waals surface area contributed by atoms with Crippen molar-refractivity contribution in [2.24, 2.45) is 0 Å². The number of piperidine rings is 1. The largest absolute Gasteiger partial charge is 0.388 e. The lowest BCUT2D eigenvalue weighted by Crippen LogP contribution is -2.53. The Labute approximate surface area is 246 Å². The van der Waals surface area contributed by atoms with E-state index in [1.54, 1.807) is 0 Å². The van der Waals surface area contributed by atoms with Gasteiger partial charge in [-0.15, -0.1) is 0 Å². The Hall–Kier alpha value is -3.05. The summed E-state index contributed by atoms with van der Waals surface area (Å²) in [5.74, 6) is 3.17. The number of likely N-dealkylation sites (tertiary alicyclic amines) is 1. The number of nitrogens with one attached hydrogen (secondary N) is 1. The molecule has 11 nitrogen and oxygen atoms in total. The molecule has 3 aliphatic heterocycles. The molecule has 2 aliphatic carbocycles. The molecule has 224 valence electrons. The first-order valence-electron chi connectivity index (χ1n) is 16.0. The number of likely N-dealkylation sites (N-methyl/N-ethyl adjacent to an activating group) is 1. The van der Waals surface area contributed by atoms with Crippen molar-refractivity contribution in [3.05, 3.63) is 11.3 Å². The molecule has 0 aromatic carbocycles. The van der Waals surface area contributed by atoms with Crippen LogP contribution in [0.1, 0.15) is 95.4 Å². The molecule has 8 rings (SSSR count). The van der Waals surface area contributed by atoms with E-state index in [-0.39, 0.29) is 12.1 Å². The number of rotatable bonds is 3. The van der Waals surface area contributed by atoms with Crippen LogP contribution in [0.25, 0.3) is 22.6 Å². The highest BCUT2D eigenvalue weighted by Crippen LogP contribution is 2.48. The molecule has 6 heterocycles. The van der Waals surface area contributed by atoms with Crippen molar-refractivity contribution in [1.82, 2.24) is 29.8 Å². The van der Waals surface area contributed by atoms with Gasteiger partial charge in [-0.25, -0.2) is 14.6 Å². The third kappa shape index (κ3) is 3.88. The van der Waals surface area contributed by atoms with Crippen molar-refractivity contribution < 1.29 is 14.4 Å². The molecule has 5 aliphatic rings. The number of hydrogen-bond acceptors (Lipinski definition) is 10. The van der Waals surface area contributed by atoms with E-state index in [9.17, 15) is 9.90 Å². The number of carbonyl (C=O) groups excluding carboxylic acids is 1. The molecule has 5 atom stereocenters. The second-order valence-electron chi connectivity index (χ2n) is 13.9. The Morgan fingerprint density at radius 3 is 2.76 bits per heavy atom. The zero-order chi connectivity index (χ0) is 28.8. The molecule has 0 amide bonds. The van der Waals surface area contributed by atoms with Crippen molar-refractivity contribution in [3.8, 4) is 11.5 Å². The zero-order valence-corrected chi connectivity index (χ0v) is 25.0. The summed E-state index contributed by atoms with van der Waals surface area (Å²) < 4.78 is 8.18. The van der Waals surface area contributed by atoms with Gasteiger partial charge >= 0.3 is 0 Å². The number of carbonyl (C=O) groups is 1. The highest BCUT2D eigenvalue weighted by atomic mass is 16.5. The molecular weight excluding hydrogens is 532 g/mol. The molecule has 42 heavy (non-hydrogen) atoms. The average Bonchev–Trinajstić information content (AvgIpc) is 3.68. The van der Waals surface area contributed by atoms with Crippen LogP contribution >= 0.6 is 0 Å². The summed E-state index contributed by atoms with van der Waals surface area (Å²) in [4.78, 5) is 28.4. The summed E-state index contributed by atoms with van der Waals surface area (Å²) in [5, 5.41) is 25.4. The number of ketones is 1. The molecule has 11 heteroatoms. The molecule has 2 N–H and O–H groups in total. The molecule has 0 unspecified atom stereocenters. The summed E-state index contributed by atoms with van der Waals surface area (Å²) in [6.07, 6.45) is 9.89. The lowest BCUT2D eigenvalue weighted by molar-refractivity contribution is -0.128. The fourth-order valence-corrected chi connectivity index (χ4v) is 8.70. The number of aliphatic hydroxyl groups is 1. The van der Waals surface area contributed by atoms with E-state index in [1.165, 1.54) is 6.42 Å². The lowest BCUT2D eigenvalue weighted by atomic mass is 9.64. The van der Waals surface area contributed by atoms with E-state index in [0.717, 1.165) is 105 Å². The first-order chi connectivity index (χ1) is 20.3. The summed E-state index contributed by atoms with van der Waals surface area (Å²) in [7, 11) is 2.19. The maximum absolute atomic E-state index is 13.3. The number of Topliss-reactive ketones (excluding diaryl/α,β-unsaturated/α-hetero) is 1. The van der Waals surface area contributed by atoms with Gasteiger partial charge in [0.25, 0.3) is 0 Å². The van der Waals surface area contributed by atoms with E-state index in [2.05, 4.69) is 38.9 Å². The zero-order valence-electron chi connectivity index (χ0n) is 25.0. The van der Waals surface area contributed by atoms with Gasteiger partial charge in [-0.2, -0.15) is 5.10 Å². The Kier molecular flexibility index (Phi) is 5.99. The number of hydrogen-bond donors (Lipinski definition) is 2. The van der Waals surface area contributed by atoms with Crippen LogP contribution < -0.4 is 10.2 Å². The highest BCUT2D eigenvalue weighted by molar-refractivity contribution is 5.99. The molecule has 3 aromatic heterocycles. The van der Waals surface area contributed by atoms with E-state index in [0.29, 0.717) is 36.3 Å². The van der Waals surface area contributed by atoms with Crippen molar-refractivity contribution >= 4 is 28.5 Å². The monoisotopic (exact) mass is 574 g/mol. The molecule has 1 saturated carbocycles. The minimum atomic E-state index is -0.810. The SMILES string of the molecule is C[C@@H]([C@@H]1CCCN1C)n1nc2c3c(nc(-c4noc5c4CCC[C@@]54CCCCC4=O)nc31)N1C[C@](C)(O)CC[C@@H]1CN2. The fourth-order valence-electron chi connectivity index (χ4n) is 8.70. The Morgan fingerprint density at radius 2 is 1.95 bits per heavy atom. The Balaban J connectivity index is 1.32. The van der Waals surface area contributed by atoms with E-state index < -0.39 is 11.0 Å². The first kappa shape index (κ1) is 26.6. The molecule has 0 radical (unpaired) electrons. The third-order valence-electron chi connectivity index (χ3n) is 11.1. The van der Waals surface area contributed by atoms with E-state index in [4.69, 9.17) is 19.6 Å². The van der Waals surface area contributed by atoms with Gasteiger partial charge in [-0.05, 0) is 85.2 Å². The van der Waals surface area contributed by atoms with Crippen LogP contribution in [0.3, 0.4) is 0 Å². The maximum Gasteiger partial charge on any atom is 0.186 e. The van der Waals surface area contributed by atoms with Gasteiger partial charge in [-0.1, -0.05) is 11.6 Å². The van der Waals surface area contributed by atoms with Crippen LogP contribution in [-0.2, 0) is 16.6 Å². The lowest BCUT2D eigenvalue weighted by Gasteiger charge is -2.42. The standard InChI is InChI=1S/C31H42N8O3/c1-18(21-9-7-15-37(21)3)39-29-23-26(35-39)32-16-19-11-14-30(2,41)17-38(19)28(23)33-27(34-29)24-20-8-6-13-31(25(20)42-36-24)12-5-4-10-22(31)40/h18-19,21,41H,4-17H2,1-3H3,(H,32,35)/t18-,19+,21-,30+,31+/m0/s1. The van der Waals surface area contributed by atoms with Gasteiger partial charge in [0.15, 0.2) is 28.7 Å². The summed E-state index contributed by atoms with van der Waals surface area (Å²) >= 11 is 0. The summed E-state index contributed by atoms with van der Waals surface area (Å²) in [5.41, 5.74) is 1.07. The van der Waals surface area contributed by atoms with Gasteiger partial charge in [0.2, 0.25) is 0 Å². The van der Waals surface area contributed by atoms with Crippen molar-refractivity contribution in [3.63, 3.8) is 0 Å². The van der Waals surface area contributed by atoms with Crippen molar-refractivity contribution in [2.75, 3.05) is 36.9 Å². The Morgan fingerprint density at radius 1 is 1.10 bits per heavy atom. The van der Waals surface area contributed by atoms with Crippen molar-refractivity contribution in [2.45, 2.75) is 114 Å². The van der Waals surface area contributed by atoms with Gasteiger partial charge in [0.1, 0.15) is 17.0 Å². The van der Waals surface area contributed by atoms with Gasteiger partial charge < -0.3 is 24.7 Å². The number of anilines is 2. The van der Waals surface area contributed by atoms with E-state index >= 15 is 0 Å². The molecular formula is C31H42N8O3. The molecule has 0 bridgehead atoms. The Bertz CT molecular complexity index is 1560. The second kappa shape index (κ2) is 9.47. The van der Waals surface area contributed by atoms with Crippen LogP contribution in [0.2, 0.25) is 0 Å². The minimum absolute atomic E-state index is 0.111. The maximum atomic E-state index is 13.3. The number of aromatic nitrogens is 5. The van der Waals surface area contributed by atoms with Crippen LogP contribution in [-0.4, -0.2) is 85.1 Å². The predicted molar refractivity (Wildman–Crippen MR) is 159 cm³/mol. The summed E-state index contributed by atoms with van der Waals surface area (Å²) in [6.45, 7) is 6.46. The van der Waals surface area contributed by atoms with Gasteiger partial charge in [0.05, 0.1) is 17.1 Å². The molecule has 3 aromatic rings. The summed E-state index contributed by atoms with van der Waals surface area (Å²) in [6, 6.07) is 0.665. The normalized spacial score (nSPS) is 32.1. The first-order valence-corrected chi connectivity index (χ1v) is 16.0. The van der Waals surface area contributed by atoms with Crippen LogP contribution in [0.15, 0.2) is 4.52 Å². The topological polar surface area (TPSA) is 125 Å². The second-order valence-corrected chi connectivity index (χ2v) is 13.9. The number of nitrogens with zero attached hydrogens (tertiary/aromatic N) is 7. The molecule has 1 spiro atoms. The van der Waals surface area contributed by atoms with Crippen LogP contribution in [0, 0.1) is 0 Å². The van der Waals surface area contributed by atoms with Gasteiger partial charge in [-0.3, -0.25) is 4.79 Å². The number of fused-ring (bicyclic) bond motifs is 4. The fraction of sp³-hybridized carbons (Fsp3) is 0.710. The molecule has 2 saturated heterocycles. The van der Waals surface area contributed by atoms with Crippen LogP contribution in [0.5, 0.6) is 0 Å². The average molecular weight is 575 g/mol. The highest BCUT2D eigenvalue weighted by Gasteiger charge is 2.49. The van der Waals surface area contributed by atoms with Crippen LogP contribution in [0.4, 0.5) is 11.6 Å².